The molecule has 3 rings (SSSR count). The third kappa shape index (κ3) is 5.83. The summed E-state index contributed by atoms with van der Waals surface area (Å²) in [5.74, 6) is 1.61. The number of guanidine groups is 1. The fourth-order valence-electron chi connectivity index (χ4n) is 3.80. The number of likely N-dealkylation sites (tertiary alicyclic amines) is 1. The van der Waals surface area contributed by atoms with Gasteiger partial charge in [-0.1, -0.05) is 30.3 Å². The van der Waals surface area contributed by atoms with E-state index in [-0.39, 0.29) is 0 Å². The van der Waals surface area contributed by atoms with E-state index in [2.05, 4.69) is 70.7 Å². The van der Waals surface area contributed by atoms with Crippen molar-refractivity contribution in [3.8, 4) is 0 Å². The summed E-state index contributed by atoms with van der Waals surface area (Å²) in [6.45, 7) is 8.01. The molecule has 1 N–H and O–H groups in total. The number of hydrogen-bond acceptors (Lipinski definition) is 3. The van der Waals surface area contributed by atoms with Crippen LogP contribution in [0, 0.1) is 0 Å². The average Bonchev–Trinajstić information content (AvgIpc) is 3.34. The van der Waals surface area contributed by atoms with Gasteiger partial charge in [0.05, 0.1) is 6.20 Å². The third-order valence-electron chi connectivity index (χ3n) is 5.27. The fourth-order valence-corrected chi connectivity index (χ4v) is 3.80. The molecule has 1 aromatic heterocycles. The molecule has 2 aromatic rings. The molecule has 1 atom stereocenters. The lowest BCUT2D eigenvalue weighted by Gasteiger charge is -2.22. The van der Waals surface area contributed by atoms with Crippen molar-refractivity contribution in [2.45, 2.75) is 32.2 Å². The summed E-state index contributed by atoms with van der Waals surface area (Å²) in [6.07, 6.45) is 6.37. The van der Waals surface area contributed by atoms with Crippen LogP contribution < -0.4 is 5.32 Å². The number of aliphatic imine (C=N–C) groups is 1. The Morgan fingerprint density at radius 1 is 1.32 bits per heavy atom. The van der Waals surface area contributed by atoms with E-state index in [1.54, 1.807) is 0 Å². The van der Waals surface area contributed by atoms with E-state index >= 15 is 0 Å². The molecule has 0 aliphatic carbocycles. The Bertz CT molecular complexity index is 738. The first-order chi connectivity index (χ1) is 13.7. The van der Waals surface area contributed by atoms with Gasteiger partial charge in [0, 0.05) is 51.9 Å². The minimum Gasteiger partial charge on any atom is -0.357 e. The van der Waals surface area contributed by atoms with Crippen LogP contribution >= 0.6 is 0 Å². The van der Waals surface area contributed by atoms with Gasteiger partial charge in [0.2, 0.25) is 0 Å². The van der Waals surface area contributed by atoms with E-state index in [9.17, 15) is 0 Å². The van der Waals surface area contributed by atoms with Crippen molar-refractivity contribution < 1.29 is 0 Å². The maximum absolute atomic E-state index is 4.89. The molecule has 0 amide bonds. The molecule has 1 aliphatic heterocycles. The fraction of sp³-hybridized carbons (Fsp3) is 0.545. The van der Waals surface area contributed by atoms with Crippen LogP contribution in [0.1, 0.15) is 36.8 Å². The van der Waals surface area contributed by atoms with Crippen LogP contribution in [-0.2, 0) is 13.6 Å². The number of nitrogens with one attached hydrogen (secondary N) is 1. The number of aromatic nitrogens is 2. The van der Waals surface area contributed by atoms with E-state index in [4.69, 9.17) is 4.99 Å². The van der Waals surface area contributed by atoms with Crippen LogP contribution in [0.5, 0.6) is 0 Å². The first kappa shape index (κ1) is 20.4. The highest BCUT2D eigenvalue weighted by Crippen LogP contribution is 2.26. The summed E-state index contributed by atoms with van der Waals surface area (Å²) >= 11 is 0. The van der Waals surface area contributed by atoms with Crippen molar-refractivity contribution in [3.63, 3.8) is 0 Å². The van der Waals surface area contributed by atoms with Gasteiger partial charge >= 0.3 is 0 Å². The molecule has 0 bridgehead atoms. The molecule has 1 aliphatic rings. The zero-order valence-corrected chi connectivity index (χ0v) is 17.5. The van der Waals surface area contributed by atoms with Crippen LogP contribution in [0.15, 0.2) is 47.7 Å². The molecule has 0 radical (unpaired) electrons. The molecule has 1 fully saturated rings. The van der Waals surface area contributed by atoms with Gasteiger partial charge in [0.1, 0.15) is 0 Å². The quantitative estimate of drug-likeness (QED) is 0.433. The lowest BCUT2D eigenvalue weighted by atomic mass is 10.0. The Labute approximate surface area is 169 Å². The second-order valence-corrected chi connectivity index (χ2v) is 7.69. The number of rotatable bonds is 8. The smallest absolute Gasteiger partial charge is 0.193 e. The number of benzene rings is 1. The van der Waals surface area contributed by atoms with Crippen LogP contribution in [0.4, 0.5) is 0 Å². The van der Waals surface area contributed by atoms with Gasteiger partial charge in [-0.25, -0.2) is 0 Å². The van der Waals surface area contributed by atoms with Gasteiger partial charge in [0.25, 0.3) is 0 Å². The van der Waals surface area contributed by atoms with E-state index in [0.717, 1.165) is 58.1 Å². The van der Waals surface area contributed by atoms with Crippen molar-refractivity contribution >= 4 is 5.96 Å². The highest BCUT2D eigenvalue weighted by molar-refractivity contribution is 5.80. The molecule has 6 nitrogen and oxygen atoms in total. The maximum atomic E-state index is 4.89. The van der Waals surface area contributed by atoms with Gasteiger partial charge in [-0.3, -0.25) is 9.67 Å². The van der Waals surface area contributed by atoms with Crippen LogP contribution in [0.2, 0.25) is 0 Å². The molecule has 1 saturated heterocycles. The monoisotopic (exact) mass is 382 g/mol. The molecule has 0 saturated carbocycles. The first-order valence-electron chi connectivity index (χ1n) is 10.4. The Morgan fingerprint density at radius 2 is 2.14 bits per heavy atom. The summed E-state index contributed by atoms with van der Waals surface area (Å²) in [5.41, 5.74) is 2.70. The van der Waals surface area contributed by atoms with Gasteiger partial charge in [-0.05, 0) is 44.5 Å². The number of aryl methyl sites for hydroxylation is 1. The minimum atomic E-state index is 0.551. The predicted octanol–water partition coefficient (Wildman–Crippen LogP) is 2.70. The molecule has 28 heavy (non-hydrogen) atoms. The van der Waals surface area contributed by atoms with Gasteiger partial charge in [0.15, 0.2) is 5.96 Å². The van der Waals surface area contributed by atoms with E-state index in [1.807, 2.05) is 17.9 Å². The zero-order valence-electron chi connectivity index (χ0n) is 17.5. The molecular weight excluding hydrogens is 348 g/mol. The Morgan fingerprint density at radius 3 is 2.86 bits per heavy atom. The van der Waals surface area contributed by atoms with Crippen molar-refractivity contribution in [3.05, 3.63) is 53.9 Å². The minimum absolute atomic E-state index is 0.551. The highest BCUT2D eigenvalue weighted by Gasteiger charge is 2.26. The third-order valence-corrected chi connectivity index (χ3v) is 5.27. The van der Waals surface area contributed by atoms with Crippen LogP contribution in [0.3, 0.4) is 0 Å². The van der Waals surface area contributed by atoms with E-state index < -0.39 is 0 Å². The normalized spacial score (nSPS) is 17.5. The van der Waals surface area contributed by atoms with Crippen LogP contribution in [-0.4, -0.2) is 65.3 Å². The summed E-state index contributed by atoms with van der Waals surface area (Å²) in [4.78, 5) is 9.66. The Balaban J connectivity index is 1.46. The first-order valence-corrected chi connectivity index (χ1v) is 10.4. The summed E-state index contributed by atoms with van der Waals surface area (Å²) < 4.78 is 1.89. The van der Waals surface area contributed by atoms with Crippen LogP contribution in [0.25, 0.3) is 0 Å². The SMILES string of the molecule is CCNC(=NCCCN(C)Cc1ccccc1)N1CCC(c2cnn(C)c2)C1. The van der Waals surface area contributed by atoms with Crippen molar-refractivity contribution in [1.29, 1.82) is 0 Å². The van der Waals surface area contributed by atoms with E-state index in [0.29, 0.717) is 5.92 Å². The highest BCUT2D eigenvalue weighted by atomic mass is 15.3. The average molecular weight is 383 g/mol. The molecule has 0 spiro atoms. The number of nitrogens with zero attached hydrogens (tertiary/aromatic N) is 5. The van der Waals surface area contributed by atoms with E-state index in [1.165, 1.54) is 11.1 Å². The predicted molar refractivity (Wildman–Crippen MR) is 116 cm³/mol. The van der Waals surface area contributed by atoms with Gasteiger partial charge in [-0.15, -0.1) is 0 Å². The molecule has 1 unspecified atom stereocenters. The number of hydrogen-bond donors (Lipinski definition) is 1. The Hall–Kier alpha value is -2.34. The van der Waals surface area contributed by atoms with Crippen molar-refractivity contribution in [1.82, 2.24) is 24.9 Å². The van der Waals surface area contributed by atoms with Crippen molar-refractivity contribution in [2.24, 2.45) is 12.0 Å². The van der Waals surface area contributed by atoms with Gasteiger partial charge in [-0.2, -0.15) is 5.10 Å². The summed E-state index contributed by atoms with van der Waals surface area (Å²) in [6, 6.07) is 10.6. The lowest BCUT2D eigenvalue weighted by molar-refractivity contribution is 0.324. The lowest BCUT2D eigenvalue weighted by Crippen LogP contribution is -2.40. The molecule has 2 heterocycles. The molecule has 6 heteroatoms. The zero-order chi connectivity index (χ0) is 19.8. The largest absolute Gasteiger partial charge is 0.357 e. The standard InChI is InChI=1S/C22H34N6/c1-4-23-22(28-14-11-20(18-28)21-15-25-27(3)17-21)24-12-8-13-26(2)16-19-9-6-5-7-10-19/h5-7,9-10,15,17,20H,4,8,11-14,16,18H2,1-3H3,(H,23,24). The molecular formula is C22H34N6. The summed E-state index contributed by atoms with van der Waals surface area (Å²) in [7, 11) is 4.16. The second-order valence-electron chi connectivity index (χ2n) is 7.69. The van der Waals surface area contributed by atoms with Crippen molar-refractivity contribution in [2.75, 3.05) is 39.8 Å². The second kappa shape index (κ2) is 10.3. The topological polar surface area (TPSA) is 48.7 Å². The summed E-state index contributed by atoms with van der Waals surface area (Å²) in [5, 5.41) is 7.79. The molecule has 1 aromatic carbocycles. The van der Waals surface area contributed by atoms with Gasteiger partial charge < -0.3 is 15.1 Å². The maximum Gasteiger partial charge on any atom is 0.193 e. The Kier molecular flexibility index (Phi) is 7.48. The molecule has 152 valence electrons.